The second-order valence-electron chi connectivity index (χ2n) is 7.14. The third-order valence-electron chi connectivity index (χ3n) is 5.23. The summed E-state index contributed by atoms with van der Waals surface area (Å²) >= 11 is 6.28. The molecule has 0 atom stereocenters. The molecule has 1 saturated heterocycles. The van der Waals surface area contributed by atoms with Gasteiger partial charge in [0.25, 0.3) is 5.91 Å². The summed E-state index contributed by atoms with van der Waals surface area (Å²) in [5.74, 6) is 0.978. The molecule has 1 aliphatic heterocycles. The number of piperidine rings is 1. The van der Waals surface area contributed by atoms with Crippen LogP contribution in [0.2, 0.25) is 5.02 Å². The predicted octanol–water partition coefficient (Wildman–Crippen LogP) is 3.56. The Kier molecular flexibility index (Phi) is 7.09. The van der Waals surface area contributed by atoms with Crippen molar-refractivity contribution in [2.24, 2.45) is 5.92 Å². The normalized spacial score (nSPS) is 14.9. The number of pyridine rings is 1. The molecule has 1 aromatic heterocycles. The lowest BCUT2D eigenvalue weighted by molar-refractivity contribution is -0.148. The molecule has 2 heterocycles. The zero-order valence-electron chi connectivity index (χ0n) is 16.1. The number of aromatic nitrogens is 1. The Hall–Kier alpha value is -2.34. The molecule has 1 N–H and O–H groups in total. The number of carbonyl (C=O) groups is 2. The van der Waals surface area contributed by atoms with Crippen molar-refractivity contribution in [2.45, 2.75) is 32.1 Å². The van der Waals surface area contributed by atoms with Crippen molar-refractivity contribution >= 4 is 40.2 Å². The van der Waals surface area contributed by atoms with Crippen molar-refractivity contribution in [1.29, 1.82) is 0 Å². The van der Waals surface area contributed by atoms with E-state index in [9.17, 15) is 9.59 Å². The minimum Gasteiger partial charge on any atom is -0.456 e. The van der Waals surface area contributed by atoms with Crippen LogP contribution in [0.4, 0.5) is 5.82 Å². The molecule has 2 aromatic rings. The van der Waals surface area contributed by atoms with Crippen molar-refractivity contribution in [1.82, 2.24) is 10.3 Å². The Morgan fingerprint density at radius 3 is 2.79 bits per heavy atom. The standard InChI is InChI=1S/C21H26ClN3O3/c1-23-19(26)14-28-20(27)7-2-4-15-10-12-25(13-11-15)18-9-8-16-5-3-6-17(22)21(16)24-18/h3,5-6,8-9,15H,2,4,7,10-14H2,1H3,(H,23,26). The van der Waals surface area contributed by atoms with E-state index >= 15 is 0 Å². The molecule has 0 saturated carbocycles. The van der Waals surface area contributed by atoms with E-state index in [1.807, 2.05) is 18.2 Å². The molecule has 0 radical (unpaired) electrons. The van der Waals surface area contributed by atoms with Crippen LogP contribution in [0.1, 0.15) is 32.1 Å². The van der Waals surface area contributed by atoms with E-state index in [2.05, 4.69) is 22.3 Å². The van der Waals surface area contributed by atoms with Crippen molar-refractivity contribution in [3.63, 3.8) is 0 Å². The van der Waals surface area contributed by atoms with Gasteiger partial charge in [-0.2, -0.15) is 0 Å². The lowest BCUT2D eigenvalue weighted by Crippen LogP contribution is -2.34. The van der Waals surface area contributed by atoms with Gasteiger partial charge in [0.05, 0.1) is 10.5 Å². The van der Waals surface area contributed by atoms with Gasteiger partial charge in [-0.15, -0.1) is 0 Å². The van der Waals surface area contributed by atoms with E-state index in [0.717, 1.165) is 55.5 Å². The van der Waals surface area contributed by atoms with Crippen molar-refractivity contribution in [2.75, 3.05) is 31.6 Å². The minimum atomic E-state index is -0.307. The molecule has 0 bridgehead atoms. The highest BCUT2D eigenvalue weighted by atomic mass is 35.5. The van der Waals surface area contributed by atoms with E-state index in [0.29, 0.717) is 17.4 Å². The molecule has 1 aromatic carbocycles. The van der Waals surface area contributed by atoms with E-state index in [1.165, 1.54) is 7.05 Å². The molecule has 28 heavy (non-hydrogen) atoms. The number of para-hydroxylation sites is 1. The number of rotatable bonds is 7. The summed E-state index contributed by atoms with van der Waals surface area (Å²) in [5, 5.41) is 4.15. The number of benzene rings is 1. The van der Waals surface area contributed by atoms with Gasteiger partial charge in [-0.1, -0.05) is 23.7 Å². The Morgan fingerprint density at radius 1 is 1.25 bits per heavy atom. The number of amides is 1. The maximum atomic E-state index is 11.6. The third-order valence-corrected chi connectivity index (χ3v) is 5.54. The number of ether oxygens (including phenoxy) is 1. The first-order valence-corrected chi connectivity index (χ1v) is 10.1. The number of likely N-dealkylation sites (N-methyl/N-ethyl adjacent to an activating group) is 1. The summed E-state index contributed by atoms with van der Waals surface area (Å²) in [6.07, 6.45) is 4.31. The van der Waals surface area contributed by atoms with Crippen LogP contribution < -0.4 is 10.2 Å². The fraction of sp³-hybridized carbons (Fsp3) is 0.476. The van der Waals surface area contributed by atoms with Gasteiger partial charge in [0.1, 0.15) is 5.82 Å². The number of fused-ring (bicyclic) bond motifs is 1. The zero-order valence-corrected chi connectivity index (χ0v) is 16.9. The molecule has 150 valence electrons. The minimum absolute atomic E-state index is 0.198. The summed E-state index contributed by atoms with van der Waals surface area (Å²) in [5.41, 5.74) is 0.846. The zero-order chi connectivity index (χ0) is 19.9. The summed E-state index contributed by atoms with van der Waals surface area (Å²) < 4.78 is 4.93. The number of carbonyl (C=O) groups excluding carboxylic acids is 2. The van der Waals surface area contributed by atoms with E-state index < -0.39 is 0 Å². The third kappa shape index (κ3) is 5.35. The summed E-state index contributed by atoms with van der Waals surface area (Å²) in [6.45, 7) is 1.71. The number of hydrogen-bond donors (Lipinski definition) is 1. The van der Waals surface area contributed by atoms with Gasteiger partial charge in [-0.25, -0.2) is 4.98 Å². The van der Waals surface area contributed by atoms with Gasteiger partial charge in [-0.3, -0.25) is 9.59 Å². The second kappa shape index (κ2) is 9.73. The highest BCUT2D eigenvalue weighted by Crippen LogP contribution is 2.28. The van der Waals surface area contributed by atoms with Crippen LogP contribution in [0.25, 0.3) is 10.9 Å². The summed E-state index contributed by atoms with van der Waals surface area (Å²) in [7, 11) is 1.52. The van der Waals surface area contributed by atoms with Gasteiger partial charge in [-0.05, 0) is 49.8 Å². The van der Waals surface area contributed by atoms with E-state index in [-0.39, 0.29) is 18.5 Å². The molecule has 1 amide bonds. The van der Waals surface area contributed by atoms with Crippen LogP contribution in [0.15, 0.2) is 30.3 Å². The molecular formula is C21H26ClN3O3. The Bertz CT molecular complexity index is 835. The molecule has 7 heteroatoms. The number of halogens is 1. The van der Waals surface area contributed by atoms with Gasteiger partial charge in [0.15, 0.2) is 6.61 Å². The Labute approximate surface area is 170 Å². The number of hydrogen-bond acceptors (Lipinski definition) is 5. The van der Waals surface area contributed by atoms with Crippen LogP contribution in [0, 0.1) is 5.92 Å². The monoisotopic (exact) mass is 403 g/mol. The number of nitrogens with zero attached hydrogens (tertiary/aromatic N) is 2. The first-order valence-electron chi connectivity index (χ1n) is 9.73. The molecule has 0 aliphatic carbocycles. The lowest BCUT2D eigenvalue weighted by atomic mass is 9.91. The van der Waals surface area contributed by atoms with Crippen molar-refractivity contribution in [3.8, 4) is 0 Å². The molecule has 1 aliphatic rings. The molecule has 3 rings (SSSR count). The van der Waals surface area contributed by atoms with Crippen LogP contribution in [-0.4, -0.2) is 43.6 Å². The van der Waals surface area contributed by atoms with E-state index in [4.69, 9.17) is 21.3 Å². The largest absolute Gasteiger partial charge is 0.456 e. The van der Waals surface area contributed by atoms with Gasteiger partial charge in [0.2, 0.25) is 0 Å². The average Bonchev–Trinajstić information content (AvgIpc) is 2.72. The molecule has 0 unspecified atom stereocenters. The molecule has 6 nitrogen and oxygen atoms in total. The number of esters is 1. The van der Waals surface area contributed by atoms with Crippen molar-refractivity contribution in [3.05, 3.63) is 35.4 Å². The topological polar surface area (TPSA) is 71.5 Å². The van der Waals surface area contributed by atoms with Gasteiger partial charge < -0.3 is 15.0 Å². The smallest absolute Gasteiger partial charge is 0.306 e. The SMILES string of the molecule is CNC(=O)COC(=O)CCCC1CCN(c2ccc3cccc(Cl)c3n2)CC1. The average molecular weight is 404 g/mol. The summed E-state index contributed by atoms with van der Waals surface area (Å²) in [6, 6.07) is 9.95. The summed E-state index contributed by atoms with van der Waals surface area (Å²) in [4.78, 5) is 29.8. The van der Waals surface area contributed by atoms with Gasteiger partial charge in [0, 0.05) is 31.9 Å². The first kappa shape index (κ1) is 20.4. The van der Waals surface area contributed by atoms with Gasteiger partial charge >= 0.3 is 5.97 Å². The molecule has 1 fully saturated rings. The van der Waals surface area contributed by atoms with Crippen molar-refractivity contribution < 1.29 is 14.3 Å². The van der Waals surface area contributed by atoms with Crippen LogP contribution in [-0.2, 0) is 14.3 Å². The molecule has 0 spiro atoms. The highest BCUT2D eigenvalue weighted by Gasteiger charge is 2.20. The molecular weight excluding hydrogens is 378 g/mol. The predicted molar refractivity (Wildman–Crippen MR) is 111 cm³/mol. The second-order valence-corrected chi connectivity index (χ2v) is 7.54. The van der Waals surface area contributed by atoms with E-state index in [1.54, 1.807) is 0 Å². The number of anilines is 1. The maximum Gasteiger partial charge on any atom is 0.306 e. The number of nitrogens with one attached hydrogen (secondary N) is 1. The quantitative estimate of drug-likeness (QED) is 0.715. The van der Waals surface area contributed by atoms with Crippen LogP contribution in [0.3, 0.4) is 0 Å². The fourth-order valence-corrected chi connectivity index (χ4v) is 3.78. The van der Waals surface area contributed by atoms with Crippen LogP contribution >= 0.6 is 11.6 Å². The Balaban J connectivity index is 1.43. The Morgan fingerprint density at radius 2 is 2.04 bits per heavy atom. The lowest BCUT2D eigenvalue weighted by Gasteiger charge is -2.33. The first-order chi connectivity index (χ1) is 13.6. The highest BCUT2D eigenvalue weighted by molar-refractivity contribution is 6.35. The van der Waals surface area contributed by atoms with Crippen LogP contribution in [0.5, 0.6) is 0 Å². The maximum absolute atomic E-state index is 11.6. The fourth-order valence-electron chi connectivity index (χ4n) is 3.55.